The number of carbonyl (C=O) groups is 2. The summed E-state index contributed by atoms with van der Waals surface area (Å²) in [4.78, 5) is 31.0. The molecule has 0 radical (unpaired) electrons. The number of morpholine rings is 1. The third-order valence-corrected chi connectivity index (χ3v) is 7.71. The number of amides is 1. The van der Waals surface area contributed by atoms with Crippen LogP contribution in [0.4, 0.5) is 0 Å². The van der Waals surface area contributed by atoms with Crippen molar-refractivity contribution in [3.8, 4) is 17.2 Å². The number of rotatable bonds is 11. The van der Waals surface area contributed by atoms with E-state index in [2.05, 4.69) is 18.7 Å². The molecule has 2 heterocycles. The second-order valence-corrected chi connectivity index (χ2v) is 11.5. The van der Waals surface area contributed by atoms with Gasteiger partial charge in [-0.1, -0.05) is 44.2 Å². The van der Waals surface area contributed by atoms with Crippen LogP contribution < -0.4 is 9.47 Å². The lowest BCUT2D eigenvalue weighted by atomic mass is 9.93. The highest BCUT2D eigenvalue weighted by Gasteiger charge is 2.46. The Labute approximate surface area is 253 Å². The van der Waals surface area contributed by atoms with Gasteiger partial charge in [-0.15, -0.1) is 0 Å². The van der Waals surface area contributed by atoms with Gasteiger partial charge in [-0.3, -0.25) is 14.5 Å². The van der Waals surface area contributed by atoms with Crippen molar-refractivity contribution in [3.05, 3.63) is 95.1 Å². The number of para-hydroxylation sites is 1. The maximum Gasteiger partial charge on any atom is 0.295 e. The molecule has 2 fully saturated rings. The lowest BCUT2D eigenvalue weighted by molar-refractivity contribution is -0.140. The molecule has 2 aliphatic rings. The molecule has 0 aromatic heterocycles. The second kappa shape index (κ2) is 13.9. The third-order valence-electron chi connectivity index (χ3n) is 7.71. The van der Waals surface area contributed by atoms with Crippen molar-refractivity contribution in [2.24, 2.45) is 5.92 Å². The van der Waals surface area contributed by atoms with E-state index < -0.39 is 17.7 Å². The molecule has 226 valence electrons. The lowest BCUT2D eigenvalue weighted by Crippen LogP contribution is -2.38. The van der Waals surface area contributed by atoms with E-state index in [1.807, 2.05) is 67.6 Å². The van der Waals surface area contributed by atoms with Crippen LogP contribution in [0.15, 0.2) is 78.4 Å². The van der Waals surface area contributed by atoms with Crippen LogP contribution in [-0.2, 0) is 14.3 Å². The summed E-state index contributed by atoms with van der Waals surface area (Å²) in [5.74, 6) is 0.810. The fraction of sp³-hybridized carbons (Fsp3) is 0.371. The van der Waals surface area contributed by atoms with Gasteiger partial charge < -0.3 is 24.2 Å². The van der Waals surface area contributed by atoms with Crippen molar-refractivity contribution in [2.45, 2.75) is 33.2 Å². The number of ether oxygens (including phenoxy) is 3. The minimum absolute atomic E-state index is 0.0761. The number of carbonyl (C=O) groups excluding carboxylic acids is 2. The van der Waals surface area contributed by atoms with Crippen molar-refractivity contribution >= 4 is 17.4 Å². The summed E-state index contributed by atoms with van der Waals surface area (Å²) in [5.41, 5.74) is 2.00. The molecule has 0 aliphatic carbocycles. The summed E-state index contributed by atoms with van der Waals surface area (Å²) in [7, 11) is 0. The molecule has 1 amide bonds. The predicted molar refractivity (Wildman–Crippen MR) is 165 cm³/mol. The van der Waals surface area contributed by atoms with Crippen LogP contribution in [0, 0.1) is 12.8 Å². The molecule has 0 bridgehead atoms. The van der Waals surface area contributed by atoms with Gasteiger partial charge in [0.1, 0.15) is 23.0 Å². The average Bonchev–Trinajstić information content (AvgIpc) is 3.26. The zero-order chi connectivity index (χ0) is 30.3. The van der Waals surface area contributed by atoms with E-state index in [0.717, 1.165) is 25.2 Å². The first-order valence-electron chi connectivity index (χ1n) is 15.0. The maximum atomic E-state index is 13.6. The van der Waals surface area contributed by atoms with E-state index in [0.29, 0.717) is 67.1 Å². The molecule has 8 heteroatoms. The molecule has 0 spiro atoms. The van der Waals surface area contributed by atoms with Crippen molar-refractivity contribution in [2.75, 3.05) is 46.0 Å². The SMILES string of the molecule is Cc1cc(OCC(C)C)ccc1/C(O)=C1\C(=O)C(=O)N(CCCN2CCOCC2)[C@H]1c1cccc(Oc2ccccc2)c1. The Balaban J connectivity index is 1.49. The number of hydrogen-bond donors (Lipinski definition) is 1. The molecule has 2 aliphatic heterocycles. The normalized spacial score (nSPS) is 18.8. The molecular formula is C35H40N2O6. The molecule has 0 saturated carbocycles. The number of hydrogen-bond acceptors (Lipinski definition) is 7. The molecule has 0 unspecified atom stereocenters. The summed E-state index contributed by atoms with van der Waals surface area (Å²) in [6, 6.07) is 21.4. The topological polar surface area (TPSA) is 88.5 Å². The smallest absolute Gasteiger partial charge is 0.295 e. The van der Waals surface area contributed by atoms with Crippen LogP contribution in [0.3, 0.4) is 0 Å². The monoisotopic (exact) mass is 584 g/mol. The van der Waals surface area contributed by atoms with Crippen LogP contribution in [0.25, 0.3) is 5.76 Å². The molecule has 43 heavy (non-hydrogen) atoms. The highest BCUT2D eigenvalue weighted by Crippen LogP contribution is 2.41. The summed E-state index contributed by atoms with van der Waals surface area (Å²) in [6.07, 6.45) is 0.685. The van der Waals surface area contributed by atoms with E-state index in [9.17, 15) is 14.7 Å². The highest BCUT2D eigenvalue weighted by molar-refractivity contribution is 6.46. The number of aliphatic hydroxyl groups is 1. The minimum atomic E-state index is -0.764. The van der Waals surface area contributed by atoms with Gasteiger partial charge in [0.05, 0.1) is 31.4 Å². The number of Topliss-reactive ketones (excluding diaryl/α,β-unsaturated/α-hetero) is 1. The fourth-order valence-corrected chi connectivity index (χ4v) is 5.52. The van der Waals surface area contributed by atoms with E-state index in [4.69, 9.17) is 14.2 Å². The minimum Gasteiger partial charge on any atom is -0.507 e. The Hall–Kier alpha value is -4.14. The van der Waals surface area contributed by atoms with Gasteiger partial charge in [0.2, 0.25) is 0 Å². The summed E-state index contributed by atoms with van der Waals surface area (Å²) in [6.45, 7) is 10.8. The Morgan fingerprint density at radius 2 is 1.67 bits per heavy atom. The molecule has 1 N–H and O–H groups in total. The highest BCUT2D eigenvalue weighted by atomic mass is 16.5. The van der Waals surface area contributed by atoms with Crippen LogP contribution in [0.5, 0.6) is 17.2 Å². The lowest BCUT2D eigenvalue weighted by Gasteiger charge is -2.29. The van der Waals surface area contributed by atoms with E-state index in [1.165, 1.54) is 0 Å². The first-order chi connectivity index (χ1) is 20.8. The van der Waals surface area contributed by atoms with Gasteiger partial charge in [-0.05, 0) is 72.9 Å². The van der Waals surface area contributed by atoms with Crippen molar-refractivity contribution in [1.29, 1.82) is 0 Å². The van der Waals surface area contributed by atoms with E-state index in [1.54, 1.807) is 17.0 Å². The molecular weight excluding hydrogens is 544 g/mol. The van der Waals surface area contributed by atoms with Gasteiger partial charge in [0.25, 0.3) is 11.7 Å². The first-order valence-corrected chi connectivity index (χ1v) is 15.0. The standard InChI is InChI=1S/C35H40N2O6/c1-24(2)23-42-28-13-14-30(25(3)21-28)33(38)31-32(26-9-7-12-29(22-26)43-27-10-5-4-6-11-27)37(35(40)34(31)39)16-8-15-36-17-19-41-20-18-36/h4-7,9-14,21-22,24,32,38H,8,15-20,23H2,1-3H3/b33-31+/t32-/m0/s1. The molecule has 3 aromatic rings. The van der Waals surface area contributed by atoms with Gasteiger partial charge in [-0.2, -0.15) is 0 Å². The predicted octanol–water partition coefficient (Wildman–Crippen LogP) is 5.97. The Morgan fingerprint density at radius 3 is 2.40 bits per heavy atom. The maximum absolute atomic E-state index is 13.6. The number of aliphatic hydroxyl groups excluding tert-OH is 1. The molecule has 8 nitrogen and oxygen atoms in total. The zero-order valence-corrected chi connectivity index (χ0v) is 25.1. The Bertz CT molecular complexity index is 1460. The number of nitrogens with zero attached hydrogens (tertiary/aromatic N) is 2. The quantitative estimate of drug-likeness (QED) is 0.169. The van der Waals surface area contributed by atoms with E-state index in [-0.39, 0.29) is 11.3 Å². The molecule has 1 atom stereocenters. The van der Waals surface area contributed by atoms with Crippen LogP contribution in [0.2, 0.25) is 0 Å². The summed E-state index contributed by atoms with van der Waals surface area (Å²) >= 11 is 0. The summed E-state index contributed by atoms with van der Waals surface area (Å²) < 4.78 is 17.4. The average molecular weight is 585 g/mol. The van der Waals surface area contributed by atoms with Crippen molar-refractivity contribution in [1.82, 2.24) is 9.80 Å². The van der Waals surface area contributed by atoms with Gasteiger partial charge >= 0.3 is 0 Å². The van der Waals surface area contributed by atoms with Crippen LogP contribution >= 0.6 is 0 Å². The Morgan fingerprint density at radius 1 is 0.930 bits per heavy atom. The zero-order valence-electron chi connectivity index (χ0n) is 25.1. The third kappa shape index (κ3) is 7.27. The van der Waals surface area contributed by atoms with Crippen LogP contribution in [0.1, 0.15) is 43.0 Å². The molecule has 3 aromatic carbocycles. The number of aryl methyl sites for hydroxylation is 1. The fourth-order valence-electron chi connectivity index (χ4n) is 5.52. The van der Waals surface area contributed by atoms with Gasteiger partial charge in [-0.25, -0.2) is 0 Å². The van der Waals surface area contributed by atoms with E-state index >= 15 is 0 Å². The molecule has 2 saturated heterocycles. The largest absolute Gasteiger partial charge is 0.507 e. The Kier molecular flexibility index (Phi) is 9.79. The second-order valence-electron chi connectivity index (χ2n) is 11.5. The van der Waals surface area contributed by atoms with Crippen molar-refractivity contribution in [3.63, 3.8) is 0 Å². The molecule has 5 rings (SSSR count). The van der Waals surface area contributed by atoms with Crippen molar-refractivity contribution < 1.29 is 28.9 Å². The number of ketones is 1. The van der Waals surface area contributed by atoms with Gasteiger partial charge in [0.15, 0.2) is 0 Å². The summed E-state index contributed by atoms with van der Waals surface area (Å²) in [5, 5.41) is 11.7. The number of benzene rings is 3. The van der Waals surface area contributed by atoms with Crippen LogP contribution in [-0.4, -0.2) is 72.6 Å². The number of likely N-dealkylation sites (tertiary alicyclic amines) is 1. The first kappa shape index (κ1) is 30.3. The van der Waals surface area contributed by atoms with Gasteiger partial charge in [0, 0.05) is 31.7 Å².